The van der Waals surface area contributed by atoms with E-state index in [1.54, 1.807) is 17.0 Å². The zero-order valence-electron chi connectivity index (χ0n) is 14.7. The topological polar surface area (TPSA) is 74.6 Å². The number of amides is 2. The smallest absolute Gasteiger partial charge is 0.289 e. The SMILES string of the molecule is O=C(N[C@H]1CCCN(C(=O)c2ccco2)C1)c1cccc2c1NCCC2. The average Bonchev–Trinajstić information content (AvgIpc) is 3.22. The van der Waals surface area contributed by atoms with Crippen molar-refractivity contribution < 1.29 is 14.0 Å². The molecule has 0 spiro atoms. The van der Waals surface area contributed by atoms with Gasteiger partial charge in [-0.2, -0.15) is 0 Å². The third-order valence-corrected chi connectivity index (χ3v) is 5.10. The van der Waals surface area contributed by atoms with E-state index in [0.717, 1.165) is 37.9 Å². The Morgan fingerprint density at radius 2 is 2.12 bits per heavy atom. The van der Waals surface area contributed by atoms with Crippen molar-refractivity contribution in [2.45, 2.75) is 31.7 Å². The number of likely N-dealkylation sites (tertiary alicyclic amines) is 1. The highest BCUT2D eigenvalue weighted by molar-refractivity contribution is 6.00. The van der Waals surface area contributed by atoms with Crippen molar-refractivity contribution in [1.82, 2.24) is 10.2 Å². The lowest BCUT2D eigenvalue weighted by Crippen LogP contribution is -2.49. The number of para-hydroxylation sites is 1. The maximum absolute atomic E-state index is 12.8. The molecule has 2 N–H and O–H groups in total. The van der Waals surface area contributed by atoms with E-state index in [9.17, 15) is 9.59 Å². The van der Waals surface area contributed by atoms with Gasteiger partial charge in [0.2, 0.25) is 0 Å². The van der Waals surface area contributed by atoms with Gasteiger partial charge in [-0.25, -0.2) is 0 Å². The van der Waals surface area contributed by atoms with Gasteiger partial charge in [0.25, 0.3) is 11.8 Å². The molecule has 0 saturated carbocycles. The molecule has 0 bridgehead atoms. The minimum atomic E-state index is -0.118. The fourth-order valence-electron chi connectivity index (χ4n) is 3.80. The summed E-state index contributed by atoms with van der Waals surface area (Å²) in [5, 5.41) is 6.47. The lowest BCUT2D eigenvalue weighted by molar-refractivity contribution is 0.0647. The molecule has 2 aromatic rings. The first-order chi connectivity index (χ1) is 12.7. The van der Waals surface area contributed by atoms with Crippen LogP contribution in [-0.4, -0.2) is 42.4 Å². The van der Waals surface area contributed by atoms with Crippen LogP contribution in [0.1, 0.15) is 45.7 Å². The molecule has 1 saturated heterocycles. The summed E-state index contributed by atoms with van der Waals surface area (Å²) >= 11 is 0. The Balaban J connectivity index is 1.44. The van der Waals surface area contributed by atoms with E-state index in [2.05, 4.69) is 16.7 Å². The summed E-state index contributed by atoms with van der Waals surface area (Å²) in [6, 6.07) is 9.21. The second kappa shape index (κ2) is 7.23. The van der Waals surface area contributed by atoms with E-state index in [-0.39, 0.29) is 17.9 Å². The lowest BCUT2D eigenvalue weighted by Gasteiger charge is -2.33. The predicted molar refractivity (Wildman–Crippen MR) is 98.4 cm³/mol. The number of hydrogen-bond acceptors (Lipinski definition) is 4. The van der Waals surface area contributed by atoms with Crippen LogP contribution >= 0.6 is 0 Å². The molecule has 3 heterocycles. The third kappa shape index (κ3) is 3.31. The van der Waals surface area contributed by atoms with Crippen molar-refractivity contribution in [2.75, 3.05) is 25.0 Å². The Bertz CT molecular complexity index is 801. The summed E-state index contributed by atoms with van der Waals surface area (Å²) in [4.78, 5) is 27.0. The van der Waals surface area contributed by atoms with Crippen LogP contribution in [0.25, 0.3) is 0 Å². The highest BCUT2D eigenvalue weighted by atomic mass is 16.3. The Morgan fingerprint density at radius 3 is 2.96 bits per heavy atom. The summed E-state index contributed by atoms with van der Waals surface area (Å²) in [6.45, 7) is 2.09. The molecular weight excluding hydrogens is 330 g/mol. The highest BCUT2D eigenvalue weighted by Crippen LogP contribution is 2.26. The molecule has 136 valence electrons. The molecule has 4 rings (SSSR count). The van der Waals surface area contributed by atoms with Gasteiger partial charge in [-0.1, -0.05) is 12.1 Å². The Hall–Kier alpha value is -2.76. The van der Waals surface area contributed by atoms with E-state index < -0.39 is 0 Å². The zero-order chi connectivity index (χ0) is 17.9. The van der Waals surface area contributed by atoms with Crippen LogP contribution in [0.5, 0.6) is 0 Å². The molecule has 1 aromatic carbocycles. The maximum atomic E-state index is 12.8. The third-order valence-electron chi connectivity index (χ3n) is 5.10. The van der Waals surface area contributed by atoms with Gasteiger partial charge in [0.15, 0.2) is 5.76 Å². The number of furan rings is 1. The molecular formula is C20H23N3O3. The summed E-state index contributed by atoms with van der Waals surface area (Å²) in [7, 11) is 0. The summed E-state index contributed by atoms with van der Waals surface area (Å²) in [5.41, 5.74) is 2.84. The number of carbonyl (C=O) groups excluding carboxylic acids is 2. The Kier molecular flexibility index (Phi) is 4.65. The number of piperidine rings is 1. The van der Waals surface area contributed by atoms with Crippen LogP contribution in [0.3, 0.4) is 0 Å². The normalized spacial score (nSPS) is 19.4. The van der Waals surface area contributed by atoms with Crippen LogP contribution in [0.15, 0.2) is 41.0 Å². The van der Waals surface area contributed by atoms with Crippen molar-refractivity contribution >= 4 is 17.5 Å². The number of carbonyl (C=O) groups is 2. The molecule has 26 heavy (non-hydrogen) atoms. The molecule has 6 nitrogen and oxygen atoms in total. The molecule has 2 aliphatic rings. The van der Waals surface area contributed by atoms with Gasteiger partial charge in [0.05, 0.1) is 17.5 Å². The van der Waals surface area contributed by atoms with Crippen LogP contribution in [0, 0.1) is 0 Å². The monoisotopic (exact) mass is 353 g/mol. The van der Waals surface area contributed by atoms with Crippen molar-refractivity contribution in [3.8, 4) is 0 Å². The van der Waals surface area contributed by atoms with Crippen LogP contribution < -0.4 is 10.6 Å². The number of nitrogens with one attached hydrogen (secondary N) is 2. The Morgan fingerprint density at radius 1 is 1.19 bits per heavy atom. The summed E-state index contributed by atoms with van der Waals surface area (Å²) < 4.78 is 5.21. The number of anilines is 1. The minimum Gasteiger partial charge on any atom is -0.459 e. The zero-order valence-corrected chi connectivity index (χ0v) is 14.7. The molecule has 1 fully saturated rings. The van der Waals surface area contributed by atoms with Gasteiger partial charge in [0, 0.05) is 25.7 Å². The fourth-order valence-corrected chi connectivity index (χ4v) is 3.80. The van der Waals surface area contributed by atoms with Crippen LogP contribution in [-0.2, 0) is 6.42 Å². The quantitative estimate of drug-likeness (QED) is 0.890. The number of rotatable bonds is 3. The Labute approximate surface area is 152 Å². The maximum Gasteiger partial charge on any atom is 0.289 e. The summed E-state index contributed by atoms with van der Waals surface area (Å²) in [6.07, 6.45) is 5.32. The molecule has 0 aliphatic carbocycles. The fraction of sp³-hybridized carbons (Fsp3) is 0.400. The van der Waals surface area contributed by atoms with E-state index in [1.807, 2.05) is 12.1 Å². The first kappa shape index (κ1) is 16.7. The van der Waals surface area contributed by atoms with Crippen LogP contribution in [0.4, 0.5) is 5.69 Å². The first-order valence-electron chi connectivity index (χ1n) is 9.22. The molecule has 6 heteroatoms. The van der Waals surface area contributed by atoms with Gasteiger partial charge < -0.3 is 20.0 Å². The number of hydrogen-bond donors (Lipinski definition) is 2. The second-order valence-electron chi connectivity index (χ2n) is 6.91. The predicted octanol–water partition coefficient (Wildman–Crippen LogP) is 2.67. The standard InChI is InChI=1S/C20H23N3O3/c24-19(16-8-1-5-14-6-2-10-21-18(14)16)22-15-7-3-11-23(13-15)20(25)17-9-4-12-26-17/h1,4-5,8-9,12,15,21H,2-3,6-7,10-11,13H2,(H,22,24)/t15-/m0/s1. The number of aryl methyl sites for hydroxylation is 1. The molecule has 1 atom stereocenters. The number of fused-ring (bicyclic) bond motifs is 1. The summed E-state index contributed by atoms with van der Waals surface area (Å²) in [5.74, 6) is 0.152. The van der Waals surface area contributed by atoms with Crippen molar-refractivity contribution in [3.63, 3.8) is 0 Å². The second-order valence-corrected chi connectivity index (χ2v) is 6.91. The van der Waals surface area contributed by atoms with Crippen LogP contribution in [0.2, 0.25) is 0 Å². The highest BCUT2D eigenvalue weighted by Gasteiger charge is 2.27. The van der Waals surface area contributed by atoms with Crippen molar-refractivity contribution in [1.29, 1.82) is 0 Å². The van der Waals surface area contributed by atoms with Gasteiger partial charge in [-0.3, -0.25) is 9.59 Å². The molecule has 0 radical (unpaired) electrons. The van der Waals surface area contributed by atoms with Gasteiger partial charge >= 0.3 is 0 Å². The number of nitrogens with zero attached hydrogens (tertiary/aromatic N) is 1. The van der Waals surface area contributed by atoms with Gasteiger partial charge in [0.1, 0.15) is 0 Å². The van der Waals surface area contributed by atoms with E-state index in [0.29, 0.717) is 24.4 Å². The largest absolute Gasteiger partial charge is 0.459 e. The average molecular weight is 353 g/mol. The van der Waals surface area contributed by atoms with E-state index in [1.165, 1.54) is 11.8 Å². The molecule has 1 aromatic heterocycles. The van der Waals surface area contributed by atoms with Gasteiger partial charge in [-0.05, 0) is 49.4 Å². The molecule has 0 unspecified atom stereocenters. The number of benzene rings is 1. The first-order valence-corrected chi connectivity index (χ1v) is 9.22. The molecule has 2 amide bonds. The van der Waals surface area contributed by atoms with Crippen molar-refractivity contribution in [3.05, 3.63) is 53.5 Å². The lowest BCUT2D eigenvalue weighted by atomic mass is 9.98. The minimum absolute atomic E-state index is 0.0467. The van der Waals surface area contributed by atoms with Crippen molar-refractivity contribution in [2.24, 2.45) is 0 Å². The van der Waals surface area contributed by atoms with E-state index in [4.69, 9.17) is 4.42 Å². The van der Waals surface area contributed by atoms with E-state index >= 15 is 0 Å². The van der Waals surface area contributed by atoms with Gasteiger partial charge in [-0.15, -0.1) is 0 Å². The molecule has 2 aliphatic heterocycles.